The third kappa shape index (κ3) is 3.42. The summed E-state index contributed by atoms with van der Waals surface area (Å²) in [6.07, 6.45) is 7.56. The molecule has 0 radical (unpaired) electrons. The highest BCUT2D eigenvalue weighted by molar-refractivity contribution is 7.99. The van der Waals surface area contributed by atoms with Gasteiger partial charge in [-0.05, 0) is 25.1 Å². The van der Waals surface area contributed by atoms with Crippen LogP contribution in [0.1, 0.15) is 17.0 Å². The molecule has 0 saturated heterocycles. The number of fused-ring (bicyclic) bond motifs is 2. The van der Waals surface area contributed by atoms with E-state index in [4.69, 9.17) is 15.0 Å². The van der Waals surface area contributed by atoms with Crippen LogP contribution < -0.4 is 10.6 Å². The van der Waals surface area contributed by atoms with Gasteiger partial charge in [-0.1, -0.05) is 11.8 Å². The summed E-state index contributed by atoms with van der Waals surface area (Å²) in [7, 11) is 0. The van der Waals surface area contributed by atoms with Crippen molar-refractivity contribution in [3.05, 3.63) is 47.7 Å². The highest BCUT2D eigenvalue weighted by atomic mass is 32.2. The Balaban J connectivity index is 1.47. The van der Waals surface area contributed by atoms with E-state index in [2.05, 4.69) is 26.4 Å². The van der Waals surface area contributed by atoms with E-state index in [0.29, 0.717) is 6.54 Å². The van der Waals surface area contributed by atoms with Gasteiger partial charge in [0.15, 0.2) is 11.0 Å². The lowest BCUT2D eigenvalue weighted by atomic mass is 10.1. The summed E-state index contributed by atoms with van der Waals surface area (Å²) >= 11 is 1.82. The molecule has 138 valence electrons. The van der Waals surface area contributed by atoms with E-state index in [0.717, 1.165) is 72.0 Å². The maximum absolute atomic E-state index is 4.86. The van der Waals surface area contributed by atoms with Crippen molar-refractivity contribution < 1.29 is 0 Å². The summed E-state index contributed by atoms with van der Waals surface area (Å²) in [4.78, 5) is 18.5. The molecule has 0 fully saturated rings. The molecular weight excluding hydrogens is 358 g/mol. The van der Waals surface area contributed by atoms with Gasteiger partial charge in [0.25, 0.3) is 0 Å². The largest absolute Gasteiger partial charge is 0.364 e. The third-order valence-electron chi connectivity index (χ3n) is 4.91. The molecule has 0 aliphatic carbocycles. The number of thioether (sulfide) groups is 1. The van der Waals surface area contributed by atoms with Gasteiger partial charge >= 0.3 is 0 Å². The molecule has 3 aromatic heterocycles. The number of imidazole rings is 1. The number of anilines is 1. The van der Waals surface area contributed by atoms with Crippen LogP contribution >= 0.6 is 11.8 Å². The number of hydrogen-bond acceptors (Lipinski definition) is 7. The lowest BCUT2D eigenvalue weighted by molar-refractivity contribution is 0.708. The van der Waals surface area contributed by atoms with E-state index >= 15 is 0 Å². The third-order valence-corrected chi connectivity index (χ3v) is 5.88. The average molecular weight is 379 g/mol. The van der Waals surface area contributed by atoms with Crippen LogP contribution in [0.3, 0.4) is 0 Å². The summed E-state index contributed by atoms with van der Waals surface area (Å²) in [6, 6.07) is 3.91. The van der Waals surface area contributed by atoms with Gasteiger partial charge in [-0.25, -0.2) is 15.0 Å². The Morgan fingerprint density at radius 3 is 2.89 bits per heavy atom. The van der Waals surface area contributed by atoms with E-state index in [9.17, 15) is 0 Å². The predicted molar refractivity (Wildman–Crippen MR) is 106 cm³/mol. The second-order valence-corrected chi connectivity index (χ2v) is 7.78. The molecule has 2 aliphatic heterocycles. The van der Waals surface area contributed by atoms with Gasteiger partial charge < -0.3 is 15.2 Å². The van der Waals surface area contributed by atoms with E-state index in [1.807, 2.05) is 23.9 Å². The van der Waals surface area contributed by atoms with Gasteiger partial charge in [0, 0.05) is 55.0 Å². The zero-order valence-electron chi connectivity index (χ0n) is 15.0. The Labute approximate surface area is 162 Å². The highest BCUT2D eigenvalue weighted by Gasteiger charge is 2.19. The fourth-order valence-electron chi connectivity index (χ4n) is 3.54. The Morgan fingerprint density at radius 1 is 1.11 bits per heavy atom. The normalized spacial score (nSPS) is 15.9. The molecule has 0 aromatic carbocycles. The summed E-state index contributed by atoms with van der Waals surface area (Å²) in [5.41, 5.74) is 4.40. The van der Waals surface area contributed by atoms with Crippen LogP contribution in [0.4, 0.5) is 5.82 Å². The summed E-state index contributed by atoms with van der Waals surface area (Å²) < 4.78 is 2.23. The molecule has 8 heteroatoms. The van der Waals surface area contributed by atoms with E-state index in [1.165, 1.54) is 5.56 Å². The van der Waals surface area contributed by atoms with Gasteiger partial charge in [0.2, 0.25) is 0 Å². The number of nitrogens with zero attached hydrogens (tertiary/aromatic N) is 5. The SMILES string of the molecule is c1cc(-c2nc3c(c(NCc4cn5c(n4)SCC5)n2)CCNCC3)ccn1. The molecule has 0 amide bonds. The number of aryl methyl sites for hydroxylation is 1. The van der Waals surface area contributed by atoms with Crippen molar-refractivity contribution in [2.45, 2.75) is 31.1 Å². The van der Waals surface area contributed by atoms with Crippen molar-refractivity contribution in [2.75, 3.05) is 24.2 Å². The van der Waals surface area contributed by atoms with Crippen LogP contribution in [-0.2, 0) is 25.9 Å². The van der Waals surface area contributed by atoms with Crippen molar-refractivity contribution in [2.24, 2.45) is 0 Å². The molecule has 5 heterocycles. The molecule has 3 aromatic rings. The van der Waals surface area contributed by atoms with Gasteiger partial charge in [0.05, 0.1) is 17.9 Å². The first-order chi connectivity index (χ1) is 13.4. The second-order valence-electron chi connectivity index (χ2n) is 6.72. The molecular formula is C19H21N7S. The minimum Gasteiger partial charge on any atom is -0.364 e. The second kappa shape index (κ2) is 7.28. The van der Waals surface area contributed by atoms with Crippen molar-refractivity contribution in [1.82, 2.24) is 29.8 Å². The van der Waals surface area contributed by atoms with Crippen molar-refractivity contribution in [3.63, 3.8) is 0 Å². The lowest BCUT2D eigenvalue weighted by Crippen LogP contribution is -2.16. The summed E-state index contributed by atoms with van der Waals surface area (Å²) in [5.74, 6) is 2.80. The van der Waals surface area contributed by atoms with Crippen LogP contribution in [0.25, 0.3) is 11.4 Å². The zero-order valence-corrected chi connectivity index (χ0v) is 15.8. The molecule has 27 heavy (non-hydrogen) atoms. The maximum Gasteiger partial charge on any atom is 0.168 e. The predicted octanol–water partition coefficient (Wildman–Crippen LogP) is 2.14. The standard InChI is InChI=1S/C19H21N7S/c1-5-20-6-2-13(1)17-24-16-4-8-21-7-3-15(16)18(25-17)22-11-14-12-26-9-10-27-19(26)23-14/h1-2,5-6,12,21H,3-4,7-11H2,(H,22,24,25). The average Bonchev–Trinajstić information content (AvgIpc) is 3.21. The molecule has 2 aliphatic rings. The van der Waals surface area contributed by atoms with Crippen LogP contribution in [0.2, 0.25) is 0 Å². The van der Waals surface area contributed by atoms with Gasteiger partial charge in [-0.2, -0.15) is 0 Å². The molecule has 0 spiro atoms. The van der Waals surface area contributed by atoms with E-state index in [-0.39, 0.29) is 0 Å². The summed E-state index contributed by atoms with van der Waals surface area (Å²) in [5, 5.41) is 8.11. The minimum atomic E-state index is 0.674. The number of nitrogens with one attached hydrogen (secondary N) is 2. The molecule has 0 atom stereocenters. The molecule has 5 rings (SSSR count). The fourth-order valence-corrected chi connectivity index (χ4v) is 4.50. The minimum absolute atomic E-state index is 0.674. The number of hydrogen-bond donors (Lipinski definition) is 2. The Bertz CT molecular complexity index is 933. The zero-order chi connectivity index (χ0) is 18.1. The highest BCUT2D eigenvalue weighted by Crippen LogP contribution is 2.27. The molecule has 0 saturated carbocycles. The molecule has 2 N–H and O–H groups in total. The van der Waals surface area contributed by atoms with Crippen LogP contribution in [-0.4, -0.2) is 43.3 Å². The van der Waals surface area contributed by atoms with Crippen LogP contribution in [0.15, 0.2) is 35.9 Å². The first kappa shape index (κ1) is 16.7. The van der Waals surface area contributed by atoms with Crippen molar-refractivity contribution >= 4 is 17.6 Å². The quantitative estimate of drug-likeness (QED) is 0.719. The molecule has 0 unspecified atom stereocenters. The fraction of sp³-hybridized carbons (Fsp3) is 0.368. The monoisotopic (exact) mass is 379 g/mol. The van der Waals surface area contributed by atoms with Crippen LogP contribution in [0, 0.1) is 0 Å². The lowest BCUT2D eigenvalue weighted by Gasteiger charge is -2.14. The Kier molecular flexibility index (Phi) is 4.51. The van der Waals surface area contributed by atoms with E-state index < -0.39 is 0 Å². The summed E-state index contributed by atoms with van der Waals surface area (Å²) in [6.45, 7) is 3.63. The first-order valence-electron chi connectivity index (χ1n) is 9.30. The van der Waals surface area contributed by atoms with Crippen LogP contribution in [0.5, 0.6) is 0 Å². The topological polar surface area (TPSA) is 80.5 Å². The Hall–Kier alpha value is -2.45. The Morgan fingerprint density at radius 2 is 2.00 bits per heavy atom. The number of rotatable bonds is 4. The van der Waals surface area contributed by atoms with Gasteiger partial charge in [0.1, 0.15) is 5.82 Å². The number of pyridine rings is 1. The number of aromatic nitrogens is 5. The van der Waals surface area contributed by atoms with E-state index in [1.54, 1.807) is 12.4 Å². The maximum atomic E-state index is 4.86. The van der Waals surface area contributed by atoms with Gasteiger partial charge in [-0.3, -0.25) is 4.98 Å². The van der Waals surface area contributed by atoms with Crippen molar-refractivity contribution in [1.29, 1.82) is 0 Å². The molecule has 0 bridgehead atoms. The first-order valence-corrected chi connectivity index (χ1v) is 10.3. The molecule has 7 nitrogen and oxygen atoms in total. The smallest absolute Gasteiger partial charge is 0.168 e. The van der Waals surface area contributed by atoms with Gasteiger partial charge in [-0.15, -0.1) is 0 Å². The van der Waals surface area contributed by atoms with Crippen molar-refractivity contribution in [3.8, 4) is 11.4 Å².